The molecule has 2 aromatic heterocycles. The molecule has 142 valence electrons. The topological polar surface area (TPSA) is 93.2 Å². The van der Waals surface area contributed by atoms with Gasteiger partial charge in [-0.05, 0) is 55.4 Å². The van der Waals surface area contributed by atoms with Crippen LogP contribution in [-0.2, 0) is 12.1 Å². The van der Waals surface area contributed by atoms with Crippen LogP contribution in [0, 0.1) is 6.92 Å². The second-order valence-corrected chi connectivity index (χ2v) is 7.52. The van der Waals surface area contributed by atoms with Crippen molar-refractivity contribution in [2.45, 2.75) is 51.1 Å². The van der Waals surface area contributed by atoms with Crippen LogP contribution in [-0.4, -0.2) is 20.5 Å². The number of fused-ring (bicyclic) bond motifs is 4. The first-order chi connectivity index (χ1) is 12.5. The molecule has 1 spiro atoms. The molecule has 1 saturated carbocycles. The van der Waals surface area contributed by atoms with Crippen molar-refractivity contribution in [3.05, 3.63) is 51.2 Å². The Bertz CT molecular complexity index is 1010. The summed E-state index contributed by atoms with van der Waals surface area (Å²) in [7, 11) is 0. The van der Waals surface area contributed by atoms with Crippen LogP contribution in [0.3, 0.4) is 0 Å². The first-order valence-electron chi connectivity index (χ1n) is 9.13. The predicted molar refractivity (Wildman–Crippen MR) is 104 cm³/mol. The van der Waals surface area contributed by atoms with Crippen molar-refractivity contribution >= 4 is 29.7 Å². The van der Waals surface area contributed by atoms with Gasteiger partial charge in [0.15, 0.2) is 0 Å². The molecule has 5 rings (SSSR count). The zero-order valence-electron chi connectivity index (χ0n) is 15.1. The van der Waals surface area contributed by atoms with Gasteiger partial charge in [-0.1, -0.05) is 6.42 Å². The van der Waals surface area contributed by atoms with Crippen LogP contribution in [0.2, 0.25) is 0 Å². The monoisotopic (exact) mass is 387 g/mol. The van der Waals surface area contributed by atoms with Gasteiger partial charge in [0.1, 0.15) is 17.0 Å². The number of carbonyl (C=O) groups is 1. The van der Waals surface area contributed by atoms with Crippen molar-refractivity contribution in [1.29, 1.82) is 0 Å². The minimum absolute atomic E-state index is 0. The van der Waals surface area contributed by atoms with Gasteiger partial charge < -0.3 is 5.32 Å². The summed E-state index contributed by atoms with van der Waals surface area (Å²) in [4.78, 5) is 30.6. The molecule has 4 heterocycles. The van der Waals surface area contributed by atoms with Crippen LogP contribution in [0.1, 0.15) is 59.3 Å². The van der Waals surface area contributed by atoms with Crippen molar-refractivity contribution in [3.63, 3.8) is 0 Å². The minimum Gasteiger partial charge on any atom is -0.350 e. The maximum Gasteiger partial charge on any atom is 0.287 e. The number of hydrogen-bond acceptors (Lipinski definition) is 5. The maximum atomic E-state index is 13.5. The third-order valence-electron chi connectivity index (χ3n) is 6.22. The van der Waals surface area contributed by atoms with Gasteiger partial charge in [0, 0.05) is 24.5 Å². The van der Waals surface area contributed by atoms with Gasteiger partial charge in [-0.15, -0.1) is 12.4 Å². The summed E-state index contributed by atoms with van der Waals surface area (Å²) in [6, 6.07) is 1.88. The number of aromatic nitrogens is 2. The standard InChI is InChI=1S/C19H21N5O2.ClH/c1-11-13-9-12-10-21-8-5-14(12)22-15(13)17(25)23-16(11)18(26)24(20)19(23)6-3-2-4-7-19;/h5,8,10,22H,2-4,6-7,9,20H2,1H3;1H. The van der Waals surface area contributed by atoms with Crippen molar-refractivity contribution in [2.75, 3.05) is 5.32 Å². The molecule has 0 radical (unpaired) electrons. The Morgan fingerprint density at radius 3 is 2.70 bits per heavy atom. The zero-order valence-corrected chi connectivity index (χ0v) is 15.9. The number of nitrogens with two attached hydrogens (primary N) is 1. The van der Waals surface area contributed by atoms with E-state index in [0.29, 0.717) is 17.8 Å². The highest BCUT2D eigenvalue weighted by atomic mass is 35.5. The molecule has 1 aliphatic carbocycles. The average molecular weight is 388 g/mol. The molecular formula is C19H22ClN5O2. The third-order valence-corrected chi connectivity index (χ3v) is 6.22. The molecule has 0 bridgehead atoms. The van der Waals surface area contributed by atoms with Gasteiger partial charge in [-0.2, -0.15) is 0 Å². The van der Waals surface area contributed by atoms with Gasteiger partial charge >= 0.3 is 0 Å². The Morgan fingerprint density at radius 2 is 1.96 bits per heavy atom. The molecule has 0 saturated heterocycles. The second-order valence-electron chi connectivity index (χ2n) is 7.52. The molecule has 3 aliphatic rings. The van der Waals surface area contributed by atoms with E-state index < -0.39 is 5.66 Å². The fourth-order valence-electron chi connectivity index (χ4n) is 4.85. The fraction of sp³-hybridized carbons (Fsp3) is 0.421. The highest BCUT2D eigenvalue weighted by Crippen LogP contribution is 2.44. The van der Waals surface area contributed by atoms with Gasteiger partial charge in [0.05, 0.1) is 0 Å². The molecule has 0 aromatic carbocycles. The maximum absolute atomic E-state index is 13.5. The first-order valence-corrected chi connectivity index (χ1v) is 9.13. The van der Waals surface area contributed by atoms with Crippen LogP contribution in [0.15, 0.2) is 23.3 Å². The summed E-state index contributed by atoms with van der Waals surface area (Å²) >= 11 is 0. The molecule has 2 aliphatic heterocycles. The van der Waals surface area contributed by atoms with Crippen LogP contribution in [0.5, 0.6) is 0 Å². The van der Waals surface area contributed by atoms with E-state index in [0.717, 1.165) is 54.5 Å². The number of hydrazine groups is 1. The fourth-order valence-corrected chi connectivity index (χ4v) is 4.85. The quantitative estimate of drug-likeness (QED) is 0.456. The summed E-state index contributed by atoms with van der Waals surface area (Å²) in [5.41, 5.74) is 3.78. The Hall–Kier alpha value is -2.38. The summed E-state index contributed by atoms with van der Waals surface area (Å²) < 4.78 is 1.68. The number of hydrogen-bond donors (Lipinski definition) is 2. The predicted octanol–water partition coefficient (Wildman–Crippen LogP) is 2.57. The average Bonchev–Trinajstić information content (AvgIpc) is 2.88. The highest BCUT2D eigenvalue weighted by Gasteiger charge is 2.51. The number of anilines is 2. The Balaban J connectivity index is 0.00000180. The SMILES string of the molecule is Cc1c2c(c(=O)n3c1C(=O)N(N)C31CCCCC1)Nc1ccncc1C2.Cl. The molecule has 1 amide bonds. The van der Waals surface area contributed by atoms with Gasteiger partial charge in [0.25, 0.3) is 11.5 Å². The number of halogens is 1. The molecule has 8 heteroatoms. The summed E-state index contributed by atoms with van der Waals surface area (Å²) in [5.74, 6) is 6.00. The largest absolute Gasteiger partial charge is 0.350 e. The zero-order chi connectivity index (χ0) is 18.1. The van der Waals surface area contributed by atoms with Crippen molar-refractivity contribution in [2.24, 2.45) is 5.84 Å². The molecular weight excluding hydrogens is 366 g/mol. The minimum atomic E-state index is -0.720. The number of amides is 1. The van der Waals surface area contributed by atoms with Crippen molar-refractivity contribution in [3.8, 4) is 0 Å². The second kappa shape index (κ2) is 6.07. The van der Waals surface area contributed by atoms with E-state index in [1.807, 2.05) is 13.0 Å². The van der Waals surface area contributed by atoms with Gasteiger partial charge in [-0.25, -0.2) is 10.9 Å². The van der Waals surface area contributed by atoms with Gasteiger partial charge in [-0.3, -0.25) is 19.1 Å². The normalized spacial score (nSPS) is 19.0. The van der Waals surface area contributed by atoms with E-state index in [1.54, 1.807) is 17.0 Å². The Kier molecular flexibility index (Phi) is 4.05. The number of nitrogens with zero attached hydrogens (tertiary/aromatic N) is 3. The molecule has 27 heavy (non-hydrogen) atoms. The van der Waals surface area contributed by atoms with E-state index in [9.17, 15) is 9.59 Å². The lowest BCUT2D eigenvalue weighted by atomic mass is 9.88. The molecule has 0 atom stereocenters. The lowest BCUT2D eigenvalue weighted by Crippen LogP contribution is -2.54. The van der Waals surface area contributed by atoms with Crippen LogP contribution >= 0.6 is 12.4 Å². The van der Waals surface area contributed by atoms with Crippen LogP contribution in [0.4, 0.5) is 11.4 Å². The van der Waals surface area contributed by atoms with E-state index in [2.05, 4.69) is 10.3 Å². The van der Waals surface area contributed by atoms with E-state index in [4.69, 9.17) is 5.84 Å². The van der Waals surface area contributed by atoms with Crippen molar-refractivity contribution < 1.29 is 4.79 Å². The van der Waals surface area contributed by atoms with E-state index >= 15 is 0 Å². The molecule has 7 nitrogen and oxygen atoms in total. The Morgan fingerprint density at radius 1 is 1.22 bits per heavy atom. The summed E-state index contributed by atoms with van der Waals surface area (Å²) in [6.07, 6.45) is 8.58. The first kappa shape index (κ1) is 18.0. The number of rotatable bonds is 0. The number of nitrogens with one attached hydrogen (secondary N) is 1. The van der Waals surface area contributed by atoms with Crippen LogP contribution < -0.4 is 16.7 Å². The van der Waals surface area contributed by atoms with Crippen LogP contribution in [0.25, 0.3) is 0 Å². The van der Waals surface area contributed by atoms with E-state index in [-0.39, 0.29) is 23.9 Å². The smallest absolute Gasteiger partial charge is 0.287 e. The number of pyridine rings is 2. The molecule has 2 aromatic rings. The van der Waals surface area contributed by atoms with Gasteiger partial charge in [0.2, 0.25) is 0 Å². The summed E-state index contributed by atoms with van der Waals surface area (Å²) in [5, 5.41) is 4.60. The van der Waals surface area contributed by atoms with E-state index in [1.165, 1.54) is 5.01 Å². The summed E-state index contributed by atoms with van der Waals surface area (Å²) in [6.45, 7) is 1.92. The third kappa shape index (κ3) is 2.21. The molecule has 0 unspecified atom stereocenters. The molecule has 3 N–H and O–H groups in total. The lowest BCUT2D eigenvalue weighted by molar-refractivity contribution is 0.0125. The Labute approximate surface area is 163 Å². The lowest BCUT2D eigenvalue weighted by Gasteiger charge is -2.40. The highest BCUT2D eigenvalue weighted by molar-refractivity contribution is 5.97. The number of carbonyl (C=O) groups excluding carboxylic acids is 1. The molecule has 1 fully saturated rings. The van der Waals surface area contributed by atoms with Crippen molar-refractivity contribution in [1.82, 2.24) is 14.6 Å².